The number of carbonyl (C=O) groups is 1. The molecule has 0 aromatic heterocycles. The summed E-state index contributed by atoms with van der Waals surface area (Å²) in [5.74, 6) is -0.338. The zero-order valence-electron chi connectivity index (χ0n) is 16.8. The Morgan fingerprint density at radius 3 is 2.22 bits per heavy atom. The van der Waals surface area contributed by atoms with Crippen LogP contribution in [0.4, 0.5) is 5.69 Å². The van der Waals surface area contributed by atoms with Crippen LogP contribution in [-0.2, 0) is 14.8 Å². The lowest BCUT2D eigenvalue weighted by atomic mass is 10.00. The third-order valence-electron chi connectivity index (χ3n) is 4.60. The number of benzene rings is 2. The Kier molecular flexibility index (Phi) is 6.31. The molecule has 0 heterocycles. The highest BCUT2D eigenvalue weighted by molar-refractivity contribution is 7.92. The topological polar surface area (TPSA) is 66.5 Å². The summed E-state index contributed by atoms with van der Waals surface area (Å²) in [7, 11) is -3.62. The second kappa shape index (κ2) is 8.13. The number of carbonyl (C=O) groups excluding carboxylic acids is 1. The lowest BCUT2D eigenvalue weighted by molar-refractivity contribution is -0.122. The molecule has 1 N–H and O–H groups in total. The third kappa shape index (κ3) is 5.10. The molecule has 0 spiro atoms. The number of hydrogen-bond acceptors (Lipinski definition) is 3. The van der Waals surface area contributed by atoms with Gasteiger partial charge < -0.3 is 5.32 Å². The Morgan fingerprint density at radius 1 is 1.00 bits per heavy atom. The zero-order valence-corrected chi connectivity index (χ0v) is 17.6. The van der Waals surface area contributed by atoms with Crippen molar-refractivity contribution in [2.45, 2.75) is 46.7 Å². The van der Waals surface area contributed by atoms with Crippen molar-refractivity contribution in [1.29, 1.82) is 0 Å². The molecule has 0 saturated carbocycles. The largest absolute Gasteiger partial charge is 0.348 e. The van der Waals surface area contributed by atoms with Gasteiger partial charge in [0.2, 0.25) is 15.9 Å². The van der Waals surface area contributed by atoms with Crippen molar-refractivity contribution in [3.8, 4) is 0 Å². The predicted octanol–water partition coefficient (Wildman–Crippen LogP) is 3.64. The fraction of sp³-hybridized carbons (Fsp3) is 0.381. The molecule has 27 heavy (non-hydrogen) atoms. The molecule has 146 valence electrons. The first-order chi connectivity index (χ1) is 12.5. The van der Waals surface area contributed by atoms with Crippen molar-refractivity contribution in [2.75, 3.05) is 10.6 Å². The fourth-order valence-electron chi connectivity index (χ4n) is 3.21. The van der Waals surface area contributed by atoms with Gasteiger partial charge in [0, 0.05) is 0 Å². The Bertz CT molecular complexity index is 938. The quantitative estimate of drug-likeness (QED) is 0.821. The van der Waals surface area contributed by atoms with Gasteiger partial charge in [0.25, 0.3) is 0 Å². The minimum absolute atomic E-state index is 0.223. The van der Waals surface area contributed by atoms with Crippen LogP contribution in [0.1, 0.15) is 42.1 Å². The van der Waals surface area contributed by atoms with Gasteiger partial charge in [-0.1, -0.05) is 35.9 Å². The molecule has 0 radical (unpaired) electrons. The van der Waals surface area contributed by atoms with E-state index in [2.05, 4.69) is 5.32 Å². The standard InChI is InChI=1S/C21H28N2O3S/c1-14-8-7-9-19(12-14)23(27(6,25)26)18(5)21(24)22-17(4)20-13-15(2)10-11-16(20)3/h7-13,17-18H,1-6H3,(H,22,24)/t17-,18-/m1/s1. The van der Waals surface area contributed by atoms with E-state index >= 15 is 0 Å². The normalized spacial score (nSPS) is 13.7. The summed E-state index contributed by atoms with van der Waals surface area (Å²) in [6.07, 6.45) is 1.12. The molecule has 2 rings (SSSR count). The van der Waals surface area contributed by atoms with Gasteiger partial charge in [-0.15, -0.1) is 0 Å². The van der Waals surface area contributed by atoms with Crippen LogP contribution < -0.4 is 9.62 Å². The van der Waals surface area contributed by atoms with Gasteiger partial charge >= 0.3 is 0 Å². The van der Waals surface area contributed by atoms with Crippen molar-refractivity contribution >= 4 is 21.6 Å². The molecule has 2 atom stereocenters. The molecular weight excluding hydrogens is 360 g/mol. The van der Waals surface area contributed by atoms with Gasteiger partial charge in [-0.2, -0.15) is 0 Å². The van der Waals surface area contributed by atoms with Crippen LogP contribution in [0.25, 0.3) is 0 Å². The number of sulfonamides is 1. The average molecular weight is 389 g/mol. The monoisotopic (exact) mass is 388 g/mol. The molecule has 2 aromatic carbocycles. The summed E-state index contributed by atoms with van der Waals surface area (Å²) in [5, 5.41) is 2.96. The van der Waals surface area contributed by atoms with Crippen LogP contribution >= 0.6 is 0 Å². The number of hydrogen-bond donors (Lipinski definition) is 1. The van der Waals surface area contributed by atoms with E-state index in [4.69, 9.17) is 0 Å². The SMILES string of the molecule is Cc1cccc(N([C@H](C)C(=O)N[C@H](C)c2cc(C)ccc2C)S(C)(=O)=O)c1. The fourth-order valence-corrected chi connectivity index (χ4v) is 4.38. The van der Waals surface area contributed by atoms with Crippen LogP contribution in [0.5, 0.6) is 0 Å². The van der Waals surface area contributed by atoms with Crippen molar-refractivity contribution in [3.63, 3.8) is 0 Å². The highest BCUT2D eigenvalue weighted by atomic mass is 32.2. The molecule has 1 amide bonds. The van der Waals surface area contributed by atoms with Crippen molar-refractivity contribution in [3.05, 3.63) is 64.7 Å². The van der Waals surface area contributed by atoms with Crippen LogP contribution in [0.15, 0.2) is 42.5 Å². The Morgan fingerprint density at radius 2 is 1.63 bits per heavy atom. The number of rotatable bonds is 6. The van der Waals surface area contributed by atoms with E-state index in [-0.39, 0.29) is 11.9 Å². The molecule has 2 aromatic rings. The van der Waals surface area contributed by atoms with Crippen LogP contribution in [-0.4, -0.2) is 26.6 Å². The Balaban J connectivity index is 2.28. The number of nitrogens with zero attached hydrogens (tertiary/aromatic N) is 1. The van der Waals surface area contributed by atoms with Crippen LogP contribution in [0.2, 0.25) is 0 Å². The lowest BCUT2D eigenvalue weighted by Gasteiger charge is -2.29. The number of nitrogens with one attached hydrogen (secondary N) is 1. The van der Waals surface area contributed by atoms with Gasteiger partial charge in [0.15, 0.2) is 0 Å². The molecule has 0 aliphatic carbocycles. The second-order valence-corrected chi connectivity index (χ2v) is 9.02. The van der Waals surface area contributed by atoms with E-state index in [1.165, 1.54) is 4.31 Å². The van der Waals surface area contributed by atoms with E-state index in [1.807, 2.05) is 52.0 Å². The highest BCUT2D eigenvalue weighted by Crippen LogP contribution is 2.23. The molecule has 0 unspecified atom stereocenters. The van der Waals surface area contributed by atoms with E-state index in [9.17, 15) is 13.2 Å². The summed E-state index contributed by atoms with van der Waals surface area (Å²) in [4.78, 5) is 12.9. The minimum atomic E-state index is -3.62. The lowest BCUT2D eigenvalue weighted by Crippen LogP contribution is -2.48. The predicted molar refractivity (Wildman–Crippen MR) is 110 cm³/mol. The summed E-state index contributed by atoms with van der Waals surface area (Å²) < 4.78 is 26.0. The summed E-state index contributed by atoms with van der Waals surface area (Å²) >= 11 is 0. The second-order valence-electron chi connectivity index (χ2n) is 7.16. The number of amides is 1. The molecule has 0 bridgehead atoms. The van der Waals surface area contributed by atoms with Gasteiger partial charge in [-0.3, -0.25) is 9.10 Å². The summed E-state index contributed by atoms with van der Waals surface area (Å²) in [6.45, 7) is 9.40. The van der Waals surface area contributed by atoms with Crippen LogP contribution in [0, 0.1) is 20.8 Å². The first-order valence-corrected chi connectivity index (χ1v) is 10.8. The molecule has 0 saturated heterocycles. The van der Waals surface area contributed by atoms with Gasteiger partial charge in [-0.25, -0.2) is 8.42 Å². The van der Waals surface area contributed by atoms with Gasteiger partial charge in [-0.05, 0) is 63.4 Å². The maximum Gasteiger partial charge on any atom is 0.244 e. The van der Waals surface area contributed by atoms with Crippen molar-refractivity contribution in [2.24, 2.45) is 0 Å². The highest BCUT2D eigenvalue weighted by Gasteiger charge is 2.30. The first kappa shape index (κ1) is 21.0. The molecule has 6 heteroatoms. The molecule has 0 aliphatic heterocycles. The van der Waals surface area contributed by atoms with Gasteiger partial charge in [0.1, 0.15) is 6.04 Å². The molecule has 0 aliphatic rings. The summed E-state index contributed by atoms with van der Waals surface area (Å²) in [6, 6.07) is 12.1. The average Bonchev–Trinajstić information content (AvgIpc) is 2.55. The maximum absolute atomic E-state index is 12.9. The zero-order chi connectivity index (χ0) is 20.4. The molecule has 0 fully saturated rings. The van der Waals surface area contributed by atoms with E-state index in [0.29, 0.717) is 5.69 Å². The summed E-state index contributed by atoms with van der Waals surface area (Å²) in [5.41, 5.74) is 4.64. The van der Waals surface area contributed by atoms with E-state index in [1.54, 1.807) is 25.1 Å². The maximum atomic E-state index is 12.9. The molecule has 5 nitrogen and oxygen atoms in total. The number of aryl methyl sites for hydroxylation is 3. The Hall–Kier alpha value is -2.34. The van der Waals surface area contributed by atoms with Crippen molar-refractivity contribution in [1.82, 2.24) is 5.32 Å². The molecular formula is C21H28N2O3S. The minimum Gasteiger partial charge on any atom is -0.348 e. The smallest absolute Gasteiger partial charge is 0.244 e. The Labute approximate surface area is 162 Å². The van der Waals surface area contributed by atoms with Crippen molar-refractivity contribution < 1.29 is 13.2 Å². The first-order valence-electron chi connectivity index (χ1n) is 8.94. The van der Waals surface area contributed by atoms with E-state index < -0.39 is 16.1 Å². The van der Waals surface area contributed by atoms with E-state index in [0.717, 1.165) is 28.5 Å². The third-order valence-corrected chi connectivity index (χ3v) is 5.85. The number of anilines is 1. The van der Waals surface area contributed by atoms with Crippen LogP contribution in [0.3, 0.4) is 0 Å². The van der Waals surface area contributed by atoms with Gasteiger partial charge in [0.05, 0.1) is 18.0 Å².